The van der Waals surface area contributed by atoms with E-state index in [4.69, 9.17) is 19.2 Å². The minimum atomic E-state index is -0.0925. The lowest BCUT2D eigenvalue weighted by Crippen LogP contribution is -2.35. The van der Waals surface area contributed by atoms with Gasteiger partial charge in [-0.15, -0.1) is 0 Å². The van der Waals surface area contributed by atoms with Crippen LogP contribution in [0.25, 0.3) is 0 Å². The molecule has 2 aliphatic rings. The molecule has 0 spiro atoms. The van der Waals surface area contributed by atoms with Gasteiger partial charge >= 0.3 is 0 Å². The van der Waals surface area contributed by atoms with Gasteiger partial charge < -0.3 is 19.1 Å². The predicted octanol–water partition coefficient (Wildman–Crippen LogP) is 4.09. The molecule has 4 rings (SSSR count). The van der Waals surface area contributed by atoms with Crippen molar-refractivity contribution in [3.05, 3.63) is 47.8 Å². The molecule has 7 heteroatoms. The third-order valence-corrected chi connectivity index (χ3v) is 6.51. The lowest BCUT2D eigenvalue weighted by molar-refractivity contribution is 0.247. The number of aliphatic imine (C=N–C) groups is 1. The van der Waals surface area contributed by atoms with Crippen LogP contribution in [-0.4, -0.2) is 48.2 Å². The summed E-state index contributed by atoms with van der Waals surface area (Å²) < 4.78 is 16.8. The van der Waals surface area contributed by atoms with Crippen molar-refractivity contribution in [3.8, 4) is 17.2 Å². The first-order valence-corrected chi connectivity index (χ1v) is 10.4. The number of pyridine rings is 1. The lowest BCUT2D eigenvalue weighted by atomic mass is 9.94. The van der Waals surface area contributed by atoms with E-state index in [1.807, 2.05) is 48.3 Å². The molecular weight excluding hydrogens is 374 g/mol. The number of amidine groups is 1. The topological polar surface area (TPSA) is 56.2 Å². The van der Waals surface area contributed by atoms with E-state index in [-0.39, 0.29) is 12.1 Å². The Morgan fingerprint density at radius 2 is 1.82 bits per heavy atom. The van der Waals surface area contributed by atoms with Crippen LogP contribution in [0.1, 0.15) is 36.7 Å². The van der Waals surface area contributed by atoms with E-state index in [0.29, 0.717) is 17.5 Å². The van der Waals surface area contributed by atoms with Gasteiger partial charge in [0.1, 0.15) is 11.8 Å². The first kappa shape index (κ1) is 18.9. The molecule has 2 aromatic rings. The van der Waals surface area contributed by atoms with Crippen molar-refractivity contribution in [1.82, 2.24) is 9.88 Å². The molecule has 0 radical (unpaired) electrons. The number of methoxy groups -OCH3 is 3. The number of hydrogen-bond donors (Lipinski definition) is 0. The average Bonchev–Trinajstić information content (AvgIpc) is 3.32. The highest BCUT2D eigenvalue weighted by Gasteiger charge is 2.46. The minimum Gasteiger partial charge on any atom is -0.496 e. The average molecular weight is 400 g/mol. The van der Waals surface area contributed by atoms with Crippen LogP contribution in [0.3, 0.4) is 0 Å². The Bertz CT molecular complexity index is 875. The predicted molar refractivity (Wildman–Crippen MR) is 112 cm³/mol. The monoisotopic (exact) mass is 399 g/mol. The van der Waals surface area contributed by atoms with Gasteiger partial charge in [0.25, 0.3) is 0 Å². The van der Waals surface area contributed by atoms with Crippen LogP contribution in [0.15, 0.2) is 41.5 Å². The standard InChI is InChI=1S/C21H25N3O3S/c1-5-13-12-28-21-23-19(15-8-6-7-9-22-15)20(24(13)21)14-10-17(26-3)18(27-4)11-16(14)25-2/h6-11,13,19-20H,5,12H2,1-4H3. The van der Waals surface area contributed by atoms with Crippen LogP contribution in [0.5, 0.6) is 17.2 Å². The molecule has 0 amide bonds. The molecule has 28 heavy (non-hydrogen) atoms. The molecule has 0 aliphatic carbocycles. The summed E-state index contributed by atoms with van der Waals surface area (Å²) in [5.41, 5.74) is 2.00. The van der Waals surface area contributed by atoms with E-state index in [1.54, 1.807) is 21.3 Å². The van der Waals surface area contributed by atoms with E-state index < -0.39 is 0 Å². The van der Waals surface area contributed by atoms with Gasteiger partial charge in [-0.2, -0.15) is 0 Å². The molecule has 2 aliphatic heterocycles. The van der Waals surface area contributed by atoms with E-state index in [9.17, 15) is 0 Å². The number of thioether (sulfide) groups is 1. The molecule has 3 atom stereocenters. The maximum absolute atomic E-state index is 5.76. The molecule has 1 aromatic heterocycles. The highest BCUT2D eigenvalue weighted by Crippen LogP contribution is 2.52. The minimum absolute atomic E-state index is 0.000365. The van der Waals surface area contributed by atoms with Gasteiger partial charge in [-0.25, -0.2) is 0 Å². The van der Waals surface area contributed by atoms with Crippen molar-refractivity contribution in [2.45, 2.75) is 31.5 Å². The zero-order valence-corrected chi connectivity index (χ0v) is 17.4. The first-order valence-electron chi connectivity index (χ1n) is 9.41. The number of ether oxygens (including phenoxy) is 3. The van der Waals surface area contributed by atoms with Crippen LogP contribution in [0.2, 0.25) is 0 Å². The molecule has 0 N–H and O–H groups in total. The van der Waals surface area contributed by atoms with Crippen molar-refractivity contribution in [1.29, 1.82) is 0 Å². The fraction of sp³-hybridized carbons (Fsp3) is 0.429. The third-order valence-electron chi connectivity index (χ3n) is 5.38. The molecule has 1 saturated heterocycles. The molecule has 148 valence electrons. The maximum Gasteiger partial charge on any atom is 0.164 e. The van der Waals surface area contributed by atoms with Crippen LogP contribution >= 0.6 is 11.8 Å². The van der Waals surface area contributed by atoms with Gasteiger partial charge in [0.15, 0.2) is 16.7 Å². The number of fused-ring (bicyclic) bond motifs is 1. The van der Waals surface area contributed by atoms with Crippen molar-refractivity contribution < 1.29 is 14.2 Å². The molecule has 3 unspecified atom stereocenters. The van der Waals surface area contributed by atoms with Gasteiger partial charge in [-0.3, -0.25) is 9.98 Å². The number of nitrogens with zero attached hydrogens (tertiary/aromatic N) is 3. The zero-order valence-electron chi connectivity index (χ0n) is 16.6. The SMILES string of the molecule is CCC1CSC2=NC(c3ccccn3)C(c3cc(OC)c(OC)cc3OC)N21. The van der Waals surface area contributed by atoms with Gasteiger partial charge in [0, 0.05) is 29.6 Å². The molecule has 0 bridgehead atoms. The first-order chi connectivity index (χ1) is 13.7. The molecule has 0 saturated carbocycles. The quantitative estimate of drug-likeness (QED) is 0.729. The fourth-order valence-electron chi connectivity index (χ4n) is 3.97. The second kappa shape index (κ2) is 7.91. The van der Waals surface area contributed by atoms with Gasteiger partial charge in [0.2, 0.25) is 0 Å². The van der Waals surface area contributed by atoms with Gasteiger partial charge in [-0.1, -0.05) is 24.8 Å². The van der Waals surface area contributed by atoms with Crippen LogP contribution < -0.4 is 14.2 Å². The Hall–Kier alpha value is -2.41. The third kappa shape index (κ3) is 3.07. The highest BCUT2D eigenvalue weighted by atomic mass is 32.2. The smallest absolute Gasteiger partial charge is 0.164 e. The Morgan fingerprint density at radius 3 is 2.46 bits per heavy atom. The maximum atomic E-state index is 5.76. The second-order valence-electron chi connectivity index (χ2n) is 6.79. The summed E-state index contributed by atoms with van der Waals surface area (Å²) in [4.78, 5) is 12.1. The molecule has 1 aromatic carbocycles. The second-order valence-corrected chi connectivity index (χ2v) is 7.77. The lowest BCUT2D eigenvalue weighted by Gasteiger charge is -2.33. The summed E-state index contributed by atoms with van der Waals surface area (Å²) in [6.45, 7) is 2.23. The van der Waals surface area contributed by atoms with Gasteiger partial charge in [0.05, 0.1) is 33.1 Å². The summed E-state index contributed by atoms with van der Waals surface area (Å²) in [6.07, 6.45) is 2.89. The highest BCUT2D eigenvalue weighted by molar-refractivity contribution is 8.14. The van der Waals surface area contributed by atoms with Crippen LogP contribution in [-0.2, 0) is 0 Å². The molecule has 1 fully saturated rings. The number of aromatic nitrogens is 1. The summed E-state index contributed by atoms with van der Waals surface area (Å²) >= 11 is 1.82. The molecule has 6 nitrogen and oxygen atoms in total. The van der Waals surface area contributed by atoms with Crippen molar-refractivity contribution in [2.75, 3.05) is 27.1 Å². The summed E-state index contributed by atoms with van der Waals surface area (Å²) in [5, 5.41) is 1.09. The number of hydrogen-bond acceptors (Lipinski definition) is 7. The Kier molecular flexibility index (Phi) is 5.35. The van der Waals surface area contributed by atoms with E-state index >= 15 is 0 Å². The van der Waals surface area contributed by atoms with Crippen molar-refractivity contribution in [2.24, 2.45) is 4.99 Å². The summed E-state index contributed by atoms with van der Waals surface area (Å²) in [5.74, 6) is 3.16. The fourth-order valence-corrected chi connectivity index (χ4v) is 5.31. The molecule has 3 heterocycles. The Labute approximate surface area is 169 Å². The zero-order chi connectivity index (χ0) is 19.7. The number of benzene rings is 1. The largest absolute Gasteiger partial charge is 0.496 e. The van der Waals surface area contributed by atoms with E-state index in [1.165, 1.54) is 0 Å². The van der Waals surface area contributed by atoms with E-state index in [0.717, 1.165) is 34.3 Å². The number of rotatable bonds is 6. The Morgan fingerprint density at radius 1 is 1.07 bits per heavy atom. The molecular formula is C21H25N3O3S. The summed E-state index contributed by atoms with van der Waals surface area (Å²) in [7, 11) is 4.98. The Balaban J connectivity index is 1.87. The van der Waals surface area contributed by atoms with Crippen molar-refractivity contribution >= 4 is 16.9 Å². The van der Waals surface area contributed by atoms with E-state index in [2.05, 4.69) is 16.8 Å². The summed E-state index contributed by atoms with van der Waals surface area (Å²) in [6, 6.07) is 10.2. The van der Waals surface area contributed by atoms with Crippen LogP contribution in [0.4, 0.5) is 0 Å². The van der Waals surface area contributed by atoms with Crippen molar-refractivity contribution in [3.63, 3.8) is 0 Å². The normalized spacial score (nSPS) is 23.4. The van der Waals surface area contributed by atoms with Crippen LogP contribution in [0, 0.1) is 0 Å². The van der Waals surface area contributed by atoms with Gasteiger partial charge in [-0.05, 0) is 24.6 Å².